The third-order valence-electron chi connectivity index (χ3n) is 5.66. The molecule has 3 heterocycles. The molecule has 1 N–H and O–H groups in total. The lowest BCUT2D eigenvalue weighted by atomic mass is 9.89. The fourth-order valence-corrected chi connectivity index (χ4v) is 4.30. The molecule has 0 bridgehead atoms. The average molecular weight is 388 g/mol. The Morgan fingerprint density at radius 2 is 1.89 bits per heavy atom. The van der Waals surface area contributed by atoms with Crippen molar-refractivity contribution in [2.24, 2.45) is 17.8 Å². The summed E-state index contributed by atoms with van der Waals surface area (Å²) in [6.45, 7) is 4.01. The number of rotatable bonds is 3. The summed E-state index contributed by atoms with van der Waals surface area (Å²) < 4.78 is 11.1. The Morgan fingerprint density at radius 1 is 1.14 bits per heavy atom. The predicted octanol–water partition coefficient (Wildman–Crippen LogP) is 1.38. The molecule has 0 radical (unpaired) electrons. The van der Waals surface area contributed by atoms with Crippen LogP contribution in [-0.4, -0.2) is 60.6 Å². The number of amides is 2. The van der Waals surface area contributed by atoms with E-state index in [9.17, 15) is 19.5 Å². The molecule has 2 saturated heterocycles. The van der Waals surface area contributed by atoms with Crippen LogP contribution in [0.15, 0.2) is 18.2 Å². The zero-order valence-corrected chi connectivity index (χ0v) is 15.8. The van der Waals surface area contributed by atoms with Crippen LogP contribution in [0.5, 0.6) is 11.5 Å². The number of piperidine rings is 1. The molecule has 3 aliphatic heterocycles. The molecule has 2 fully saturated rings. The second kappa shape index (κ2) is 7.33. The SMILES string of the molecule is CC1CC(C(=O)O)CN(C(=O)C2CCN(c3ccc4c(c3)OCCO4)C2=O)C1. The second-order valence-corrected chi connectivity index (χ2v) is 7.78. The molecule has 0 aromatic heterocycles. The van der Waals surface area contributed by atoms with Crippen molar-refractivity contribution in [3.8, 4) is 11.5 Å². The van der Waals surface area contributed by atoms with Gasteiger partial charge in [0.1, 0.15) is 19.1 Å². The fraction of sp³-hybridized carbons (Fsp3) is 0.550. The molecular weight excluding hydrogens is 364 g/mol. The minimum atomic E-state index is -0.889. The largest absolute Gasteiger partial charge is 0.486 e. The molecule has 3 unspecified atom stereocenters. The lowest BCUT2D eigenvalue weighted by molar-refractivity contribution is -0.148. The number of carbonyl (C=O) groups excluding carboxylic acids is 2. The zero-order chi connectivity index (χ0) is 19.8. The van der Waals surface area contributed by atoms with Crippen LogP contribution < -0.4 is 14.4 Å². The molecular formula is C20H24N2O6. The first-order valence-electron chi connectivity index (χ1n) is 9.66. The molecule has 28 heavy (non-hydrogen) atoms. The highest BCUT2D eigenvalue weighted by atomic mass is 16.6. The van der Waals surface area contributed by atoms with E-state index in [1.807, 2.05) is 6.92 Å². The Bertz CT molecular complexity index is 810. The smallest absolute Gasteiger partial charge is 0.308 e. The van der Waals surface area contributed by atoms with E-state index in [1.54, 1.807) is 28.0 Å². The first kappa shape index (κ1) is 18.6. The van der Waals surface area contributed by atoms with Gasteiger partial charge in [-0.05, 0) is 30.9 Å². The number of anilines is 1. The van der Waals surface area contributed by atoms with Crippen molar-refractivity contribution in [2.45, 2.75) is 19.8 Å². The van der Waals surface area contributed by atoms with E-state index in [2.05, 4.69) is 0 Å². The maximum atomic E-state index is 13.0. The molecule has 3 atom stereocenters. The summed E-state index contributed by atoms with van der Waals surface area (Å²) in [5, 5.41) is 9.33. The molecule has 150 valence electrons. The molecule has 1 aromatic rings. The van der Waals surface area contributed by atoms with Crippen LogP contribution in [0.1, 0.15) is 19.8 Å². The van der Waals surface area contributed by atoms with Gasteiger partial charge in [-0.3, -0.25) is 14.4 Å². The number of carboxylic acids is 1. The molecule has 3 aliphatic rings. The van der Waals surface area contributed by atoms with E-state index in [4.69, 9.17) is 9.47 Å². The summed E-state index contributed by atoms with van der Waals surface area (Å²) >= 11 is 0. The first-order chi connectivity index (χ1) is 13.4. The van der Waals surface area contributed by atoms with Crippen LogP contribution in [-0.2, 0) is 14.4 Å². The number of nitrogens with zero attached hydrogens (tertiary/aromatic N) is 2. The third kappa shape index (κ3) is 3.39. The van der Waals surface area contributed by atoms with Crippen molar-refractivity contribution in [2.75, 3.05) is 37.7 Å². The molecule has 8 nitrogen and oxygen atoms in total. The Hall–Kier alpha value is -2.77. The van der Waals surface area contributed by atoms with Crippen LogP contribution in [0.2, 0.25) is 0 Å². The van der Waals surface area contributed by atoms with Crippen LogP contribution in [0, 0.1) is 17.8 Å². The highest BCUT2D eigenvalue weighted by Crippen LogP contribution is 2.36. The highest BCUT2D eigenvalue weighted by molar-refractivity contribution is 6.09. The van der Waals surface area contributed by atoms with Gasteiger partial charge in [-0.15, -0.1) is 0 Å². The summed E-state index contributed by atoms with van der Waals surface area (Å²) in [5.74, 6) is -1.37. The summed E-state index contributed by atoms with van der Waals surface area (Å²) in [6, 6.07) is 5.33. The topological polar surface area (TPSA) is 96.4 Å². The second-order valence-electron chi connectivity index (χ2n) is 7.78. The Labute approximate surface area is 163 Å². The van der Waals surface area contributed by atoms with Gasteiger partial charge in [0, 0.05) is 31.4 Å². The third-order valence-corrected chi connectivity index (χ3v) is 5.66. The van der Waals surface area contributed by atoms with Crippen molar-refractivity contribution in [1.29, 1.82) is 0 Å². The van der Waals surface area contributed by atoms with Gasteiger partial charge in [0.2, 0.25) is 11.8 Å². The molecule has 2 amide bonds. The Balaban J connectivity index is 1.48. The number of benzene rings is 1. The van der Waals surface area contributed by atoms with E-state index >= 15 is 0 Å². The summed E-state index contributed by atoms with van der Waals surface area (Å²) in [7, 11) is 0. The fourth-order valence-electron chi connectivity index (χ4n) is 4.30. The van der Waals surface area contributed by atoms with Crippen LogP contribution in [0.3, 0.4) is 0 Å². The lowest BCUT2D eigenvalue weighted by Crippen LogP contribution is -2.49. The monoisotopic (exact) mass is 388 g/mol. The van der Waals surface area contributed by atoms with Crippen molar-refractivity contribution < 1.29 is 29.0 Å². The van der Waals surface area contributed by atoms with Gasteiger partial charge in [0.15, 0.2) is 11.5 Å². The Morgan fingerprint density at radius 3 is 2.64 bits per heavy atom. The molecule has 1 aromatic carbocycles. The van der Waals surface area contributed by atoms with Gasteiger partial charge in [-0.25, -0.2) is 0 Å². The van der Waals surface area contributed by atoms with Gasteiger partial charge >= 0.3 is 5.97 Å². The predicted molar refractivity (Wildman–Crippen MR) is 99.4 cm³/mol. The van der Waals surface area contributed by atoms with Gasteiger partial charge in [-0.2, -0.15) is 0 Å². The van der Waals surface area contributed by atoms with Gasteiger partial charge in [0.25, 0.3) is 0 Å². The number of aliphatic carboxylic acids is 1. The number of hydrogen-bond acceptors (Lipinski definition) is 5. The van der Waals surface area contributed by atoms with E-state index in [-0.39, 0.29) is 24.3 Å². The summed E-state index contributed by atoms with van der Waals surface area (Å²) in [4.78, 5) is 40.5. The lowest BCUT2D eigenvalue weighted by Gasteiger charge is -2.35. The zero-order valence-electron chi connectivity index (χ0n) is 15.8. The van der Waals surface area contributed by atoms with Crippen LogP contribution in [0.4, 0.5) is 5.69 Å². The normalized spacial score (nSPS) is 27.0. The van der Waals surface area contributed by atoms with Crippen molar-refractivity contribution in [3.63, 3.8) is 0 Å². The number of likely N-dealkylation sites (tertiary alicyclic amines) is 1. The number of carboxylic acid groups (broad SMARTS) is 1. The van der Waals surface area contributed by atoms with E-state index in [1.165, 1.54) is 0 Å². The highest BCUT2D eigenvalue weighted by Gasteiger charge is 2.42. The van der Waals surface area contributed by atoms with E-state index < -0.39 is 17.8 Å². The molecule has 0 aliphatic carbocycles. The summed E-state index contributed by atoms with van der Waals surface area (Å²) in [6.07, 6.45) is 0.982. The first-order valence-corrected chi connectivity index (χ1v) is 9.66. The maximum Gasteiger partial charge on any atom is 0.308 e. The standard InChI is InChI=1S/C20H24N2O6/c1-12-8-13(20(25)26)11-21(10-12)18(23)15-4-5-22(19(15)24)14-2-3-16-17(9-14)28-7-6-27-16/h2-3,9,12-13,15H,4-8,10-11H2,1H3,(H,25,26). The molecule has 0 saturated carbocycles. The quantitative estimate of drug-likeness (QED) is 0.786. The Kier molecular flexibility index (Phi) is 4.87. The molecule has 0 spiro atoms. The van der Waals surface area contributed by atoms with E-state index in [0.29, 0.717) is 56.3 Å². The van der Waals surface area contributed by atoms with Crippen LogP contribution in [0.25, 0.3) is 0 Å². The average Bonchev–Trinajstić information content (AvgIpc) is 3.07. The maximum absolute atomic E-state index is 13.0. The summed E-state index contributed by atoms with van der Waals surface area (Å²) in [5.41, 5.74) is 0.681. The minimum Gasteiger partial charge on any atom is -0.486 e. The number of carbonyl (C=O) groups is 3. The van der Waals surface area contributed by atoms with Gasteiger partial charge in [-0.1, -0.05) is 6.92 Å². The number of ether oxygens (including phenoxy) is 2. The van der Waals surface area contributed by atoms with E-state index in [0.717, 1.165) is 0 Å². The minimum absolute atomic E-state index is 0.101. The van der Waals surface area contributed by atoms with Crippen molar-refractivity contribution in [3.05, 3.63) is 18.2 Å². The van der Waals surface area contributed by atoms with Crippen molar-refractivity contribution >= 4 is 23.5 Å². The molecule has 4 rings (SSSR count). The van der Waals surface area contributed by atoms with Crippen LogP contribution >= 0.6 is 0 Å². The number of fused-ring (bicyclic) bond motifs is 1. The van der Waals surface area contributed by atoms with Gasteiger partial charge in [0.05, 0.1) is 5.92 Å². The van der Waals surface area contributed by atoms with Gasteiger partial charge < -0.3 is 24.4 Å². The van der Waals surface area contributed by atoms with Crippen molar-refractivity contribution in [1.82, 2.24) is 4.90 Å². The molecule has 8 heteroatoms. The number of hydrogen-bond donors (Lipinski definition) is 1.